The number of aromatic nitrogens is 4. The molecule has 3 rings (SSSR count). The third-order valence-corrected chi connectivity index (χ3v) is 4.00. The maximum Gasteiger partial charge on any atom is 0.224 e. The van der Waals surface area contributed by atoms with Crippen LogP contribution in [-0.2, 0) is 6.42 Å². The lowest BCUT2D eigenvalue weighted by Gasteiger charge is -2.07. The number of hydrogen-bond donors (Lipinski definition) is 2. The Morgan fingerprint density at radius 2 is 1.95 bits per heavy atom. The summed E-state index contributed by atoms with van der Waals surface area (Å²) in [6.07, 6.45) is 5.85. The molecule has 3 aromatic rings. The van der Waals surface area contributed by atoms with Crippen LogP contribution >= 0.6 is 11.3 Å². The largest absolute Gasteiger partial charge is 0.354 e. The molecule has 2 N–H and O–H groups in total. The summed E-state index contributed by atoms with van der Waals surface area (Å²) >= 11 is 1.82. The molecule has 0 aliphatic heterocycles. The van der Waals surface area contributed by atoms with Crippen molar-refractivity contribution in [2.24, 2.45) is 0 Å². The van der Waals surface area contributed by atoms with E-state index < -0.39 is 0 Å². The van der Waals surface area contributed by atoms with E-state index in [1.165, 1.54) is 16.1 Å². The monoisotopic (exact) mass is 312 g/mol. The first-order valence-electron chi connectivity index (χ1n) is 6.95. The van der Waals surface area contributed by atoms with Crippen molar-refractivity contribution in [3.8, 4) is 0 Å². The smallest absolute Gasteiger partial charge is 0.224 e. The molecule has 0 aliphatic carbocycles. The molecule has 0 fully saturated rings. The topological polar surface area (TPSA) is 75.6 Å². The molecule has 0 spiro atoms. The van der Waals surface area contributed by atoms with Crippen LogP contribution in [0.3, 0.4) is 0 Å². The first-order valence-corrected chi connectivity index (χ1v) is 7.76. The molecule has 0 radical (unpaired) electrons. The van der Waals surface area contributed by atoms with Crippen LogP contribution in [0, 0.1) is 6.92 Å². The standard InChI is InChI=1S/C15H16N6S/c1-11-2-3-12(22-11)4-8-17-15-18-9-6-14(21-15)20-13-5-7-16-10-19-13/h2-3,5-7,9-10H,4,8H2,1H3,(H2,16,17,18,19,20,21). The van der Waals surface area contributed by atoms with Crippen LogP contribution in [0.1, 0.15) is 9.75 Å². The molecule has 0 aromatic carbocycles. The van der Waals surface area contributed by atoms with Crippen molar-refractivity contribution >= 4 is 28.9 Å². The van der Waals surface area contributed by atoms with E-state index in [9.17, 15) is 0 Å². The van der Waals surface area contributed by atoms with Gasteiger partial charge >= 0.3 is 0 Å². The predicted molar refractivity (Wildman–Crippen MR) is 88.6 cm³/mol. The van der Waals surface area contributed by atoms with Crippen LogP contribution in [-0.4, -0.2) is 26.5 Å². The van der Waals surface area contributed by atoms with Crippen molar-refractivity contribution < 1.29 is 0 Å². The molecule has 3 heterocycles. The maximum atomic E-state index is 4.41. The molecule has 0 saturated carbocycles. The fourth-order valence-electron chi connectivity index (χ4n) is 1.93. The summed E-state index contributed by atoms with van der Waals surface area (Å²) in [5.74, 6) is 2.00. The fraction of sp³-hybridized carbons (Fsp3) is 0.200. The first kappa shape index (κ1) is 14.4. The third-order valence-electron chi connectivity index (χ3n) is 2.94. The van der Waals surface area contributed by atoms with Crippen LogP contribution in [0.4, 0.5) is 17.6 Å². The average Bonchev–Trinajstić information content (AvgIpc) is 2.94. The number of aryl methyl sites for hydroxylation is 1. The van der Waals surface area contributed by atoms with E-state index in [0.717, 1.165) is 13.0 Å². The van der Waals surface area contributed by atoms with E-state index in [1.807, 2.05) is 11.3 Å². The Morgan fingerprint density at radius 3 is 2.73 bits per heavy atom. The quantitative estimate of drug-likeness (QED) is 0.728. The number of hydrogen-bond acceptors (Lipinski definition) is 7. The summed E-state index contributed by atoms with van der Waals surface area (Å²) in [4.78, 5) is 19.3. The Kier molecular flexibility index (Phi) is 4.55. The van der Waals surface area contributed by atoms with Crippen LogP contribution < -0.4 is 10.6 Å². The second-order valence-electron chi connectivity index (χ2n) is 4.67. The molecule has 0 saturated heterocycles. The van der Waals surface area contributed by atoms with E-state index in [4.69, 9.17) is 0 Å². The molecule has 0 aliphatic rings. The summed E-state index contributed by atoms with van der Waals surface area (Å²) in [5.41, 5.74) is 0. The second kappa shape index (κ2) is 6.95. The number of nitrogens with one attached hydrogen (secondary N) is 2. The molecule has 0 amide bonds. The first-order chi connectivity index (χ1) is 10.8. The van der Waals surface area contributed by atoms with Crippen molar-refractivity contribution in [2.45, 2.75) is 13.3 Å². The van der Waals surface area contributed by atoms with Gasteiger partial charge in [0, 0.05) is 28.7 Å². The second-order valence-corrected chi connectivity index (χ2v) is 6.05. The minimum absolute atomic E-state index is 0.604. The van der Waals surface area contributed by atoms with Gasteiger partial charge in [-0.1, -0.05) is 0 Å². The molecular weight excluding hydrogens is 296 g/mol. The van der Waals surface area contributed by atoms with Gasteiger partial charge in [0.1, 0.15) is 18.0 Å². The Hall–Kier alpha value is -2.54. The molecule has 112 valence electrons. The van der Waals surface area contributed by atoms with Gasteiger partial charge in [-0.25, -0.2) is 15.0 Å². The molecule has 0 unspecified atom stereocenters. The van der Waals surface area contributed by atoms with Crippen molar-refractivity contribution in [2.75, 3.05) is 17.2 Å². The van der Waals surface area contributed by atoms with E-state index in [1.54, 1.807) is 24.5 Å². The molecule has 0 bridgehead atoms. The molecule has 6 nitrogen and oxygen atoms in total. The van der Waals surface area contributed by atoms with Gasteiger partial charge in [-0.05, 0) is 37.6 Å². The Labute approximate surface area is 132 Å². The van der Waals surface area contributed by atoms with Gasteiger partial charge in [0.25, 0.3) is 0 Å². The predicted octanol–water partition coefficient (Wildman–Crippen LogP) is 3.03. The number of nitrogens with zero attached hydrogens (tertiary/aromatic N) is 4. The lowest BCUT2D eigenvalue weighted by Crippen LogP contribution is -2.08. The molecular formula is C15H16N6S. The normalized spacial score (nSPS) is 10.4. The zero-order valence-corrected chi connectivity index (χ0v) is 13.0. The number of anilines is 3. The van der Waals surface area contributed by atoms with Crippen LogP contribution in [0.2, 0.25) is 0 Å². The molecule has 0 atom stereocenters. The lowest BCUT2D eigenvalue weighted by atomic mass is 10.3. The molecule has 22 heavy (non-hydrogen) atoms. The van der Waals surface area contributed by atoms with E-state index >= 15 is 0 Å². The van der Waals surface area contributed by atoms with E-state index in [2.05, 4.69) is 49.6 Å². The summed E-state index contributed by atoms with van der Waals surface area (Å²) in [7, 11) is 0. The Bertz CT molecular complexity index is 728. The van der Waals surface area contributed by atoms with Crippen LogP contribution in [0.15, 0.2) is 43.0 Å². The summed E-state index contributed by atoms with van der Waals surface area (Å²) in [5, 5.41) is 6.36. The fourth-order valence-corrected chi connectivity index (χ4v) is 2.82. The number of rotatable bonds is 6. The highest BCUT2D eigenvalue weighted by Crippen LogP contribution is 2.16. The van der Waals surface area contributed by atoms with Crippen molar-refractivity contribution in [1.82, 2.24) is 19.9 Å². The van der Waals surface area contributed by atoms with Crippen molar-refractivity contribution in [3.63, 3.8) is 0 Å². The molecule has 7 heteroatoms. The van der Waals surface area contributed by atoms with Gasteiger partial charge in [0.15, 0.2) is 0 Å². The van der Waals surface area contributed by atoms with Gasteiger partial charge in [-0.15, -0.1) is 11.3 Å². The maximum absolute atomic E-state index is 4.41. The summed E-state index contributed by atoms with van der Waals surface area (Å²) in [6.45, 7) is 2.92. The van der Waals surface area contributed by atoms with Gasteiger partial charge in [-0.3, -0.25) is 0 Å². The van der Waals surface area contributed by atoms with E-state index in [0.29, 0.717) is 17.6 Å². The van der Waals surface area contributed by atoms with Crippen molar-refractivity contribution in [3.05, 3.63) is 52.7 Å². The third kappa shape index (κ3) is 3.98. The molecule has 3 aromatic heterocycles. The highest BCUT2D eigenvalue weighted by atomic mass is 32.1. The minimum atomic E-state index is 0.604. The highest BCUT2D eigenvalue weighted by Gasteiger charge is 2.01. The van der Waals surface area contributed by atoms with Crippen LogP contribution in [0.5, 0.6) is 0 Å². The lowest BCUT2D eigenvalue weighted by molar-refractivity contribution is 1.00. The Morgan fingerprint density at radius 1 is 1.05 bits per heavy atom. The summed E-state index contributed by atoms with van der Waals surface area (Å²) in [6, 6.07) is 7.89. The SMILES string of the molecule is Cc1ccc(CCNc2nccc(Nc3ccncn3)n2)s1. The van der Waals surface area contributed by atoms with Crippen LogP contribution in [0.25, 0.3) is 0 Å². The van der Waals surface area contributed by atoms with Gasteiger partial charge in [0.2, 0.25) is 5.95 Å². The Balaban J connectivity index is 1.57. The minimum Gasteiger partial charge on any atom is -0.354 e. The highest BCUT2D eigenvalue weighted by molar-refractivity contribution is 7.11. The average molecular weight is 312 g/mol. The number of thiophene rings is 1. The van der Waals surface area contributed by atoms with Gasteiger partial charge in [-0.2, -0.15) is 4.98 Å². The van der Waals surface area contributed by atoms with Crippen molar-refractivity contribution in [1.29, 1.82) is 0 Å². The van der Waals surface area contributed by atoms with Gasteiger partial charge in [0.05, 0.1) is 0 Å². The summed E-state index contributed by atoms with van der Waals surface area (Å²) < 4.78 is 0. The van der Waals surface area contributed by atoms with Gasteiger partial charge < -0.3 is 10.6 Å². The zero-order valence-electron chi connectivity index (χ0n) is 12.2. The van der Waals surface area contributed by atoms with E-state index in [-0.39, 0.29) is 0 Å². The zero-order chi connectivity index (χ0) is 15.2.